The first kappa shape index (κ1) is 17.0. The lowest BCUT2D eigenvalue weighted by molar-refractivity contribution is -0.136. The summed E-state index contributed by atoms with van der Waals surface area (Å²) in [6, 6.07) is 7.21. The molecular weight excluding hydrogens is 324 g/mol. The number of amides is 2. The molecule has 1 aromatic carbocycles. The van der Waals surface area contributed by atoms with Crippen LogP contribution in [0.25, 0.3) is 0 Å². The van der Waals surface area contributed by atoms with Gasteiger partial charge in [0.05, 0.1) is 5.75 Å². The number of rotatable bonds is 4. The summed E-state index contributed by atoms with van der Waals surface area (Å²) in [5.41, 5.74) is 0.789. The molecule has 5 nitrogen and oxygen atoms in total. The van der Waals surface area contributed by atoms with E-state index in [1.54, 1.807) is 15.9 Å². The van der Waals surface area contributed by atoms with Crippen molar-refractivity contribution in [2.75, 3.05) is 31.9 Å². The first-order valence-corrected chi connectivity index (χ1v) is 8.95. The van der Waals surface area contributed by atoms with Crippen LogP contribution in [-0.2, 0) is 26.1 Å². The van der Waals surface area contributed by atoms with Crippen molar-refractivity contribution >= 4 is 34.2 Å². The SMILES string of the molecule is CC(=O)N1CCN(C(=O)C[S@@](=O)Cc2ccccc2Cl)CC1. The second kappa shape index (κ2) is 7.74. The van der Waals surface area contributed by atoms with Crippen LogP contribution < -0.4 is 0 Å². The van der Waals surface area contributed by atoms with Gasteiger partial charge in [-0.2, -0.15) is 0 Å². The zero-order valence-electron chi connectivity index (χ0n) is 12.5. The Morgan fingerprint density at radius 1 is 1.14 bits per heavy atom. The summed E-state index contributed by atoms with van der Waals surface area (Å²) in [7, 11) is -1.29. The van der Waals surface area contributed by atoms with E-state index in [1.165, 1.54) is 6.92 Å². The second-order valence-corrected chi connectivity index (χ2v) is 7.07. The van der Waals surface area contributed by atoms with Crippen LogP contribution in [0.4, 0.5) is 0 Å². The molecule has 1 fully saturated rings. The summed E-state index contributed by atoms with van der Waals surface area (Å²) in [5, 5.41) is 0.568. The number of halogens is 1. The average molecular weight is 343 g/mol. The van der Waals surface area contributed by atoms with Crippen molar-refractivity contribution < 1.29 is 13.8 Å². The van der Waals surface area contributed by atoms with Crippen LogP contribution in [0.2, 0.25) is 5.02 Å². The predicted octanol–water partition coefficient (Wildman–Crippen LogP) is 1.28. The quantitative estimate of drug-likeness (QED) is 0.828. The molecule has 0 N–H and O–H groups in total. The van der Waals surface area contributed by atoms with Crippen molar-refractivity contribution in [1.82, 2.24) is 9.80 Å². The average Bonchev–Trinajstić information content (AvgIpc) is 2.49. The van der Waals surface area contributed by atoms with E-state index in [9.17, 15) is 13.8 Å². The lowest BCUT2D eigenvalue weighted by atomic mass is 10.2. The van der Waals surface area contributed by atoms with E-state index in [0.29, 0.717) is 31.2 Å². The summed E-state index contributed by atoms with van der Waals surface area (Å²) in [6.45, 7) is 3.61. The summed E-state index contributed by atoms with van der Waals surface area (Å²) in [5.74, 6) is 0.160. The van der Waals surface area contributed by atoms with Crippen molar-refractivity contribution in [1.29, 1.82) is 0 Å². The van der Waals surface area contributed by atoms with Gasteiger partial charge in [-0.3, -0.25) is 13.8 Å². The van der Waals surface area contributed by atoms with Gasteiger partial charge >= 0.3 is 0 Å². The molecule has 0 aromatic heterocycles. The molecule has 0 aliphatic carbocycles. The van der Waals surface area contributed by atoms with Gasteiger partial charge in [0.2, 0.25) is 11.8 Å². The molecule has 1 aliphatic heterocycles. The van der Waals surface area contributed by atoms with Gasteiger partial charge in [0.15, 0.2) is 0 Å². The van der Waals surface area contributed by atoms with Crippen LogP contribution in [0, 0.1) is 0 Å². The minimum Gasteiger partial charge on any atom is -0.339 e. The van der Waals surface area contributed by atoms with Gasteiger partial charge in [-0.25, -0.2) is 0 Å². The molecule has 1 aromatic rings. The highest BCUT2D eigenvalue weighted by Gasteiger charge is 2.23. The third kappa shape index (κ3) is 4.55. The first-order chi connectivity index (χ1) is 10.5. The monoisotopic (exact) mass is 342 g/mol. The number of carbonyl (C=O) groups excluding carboxylic acids is 2. The third-order valence-electron chi connectivity index (χ3n) is 3.64. The smallest absolute Gasteiger partial charge is 0.235 e. The minimum atomic E-state index is -1.29. The van der Waals surface area contributed by atoms with Crippen LogP contribution in [-0.4, -0.2) is 57.8 Å². The lowest BCUT2D eigenvalue weighted by Crippen LogP contribution is -2.51. The normalized spacial score (nSPS) is 16.5. The number of benzene rings is 1. The first-order valence-electron chi connectivity index (χ1n) is 7.09. The van der Waals surface area contributed by atoms with E-state index < -0.39 is 10.8 Å². The van der Waals surface area contributed by atoms with Crippen LogP contribution in [0.3, 0.4) is 0 Å². The van der Waals surface area contributed by atoms with Gasteiger partial charge in [0.25, 0.3) is 0 Å². The molecule has 2 rings (SSSR count). The highest BCUT2D eigenvalue weighted by Crippen LogP contribution is 2.17. The highest BCUT2D eigenvalue weighted by molar-refractivity contribution is 7.84. The molecule has 1 aliphatic rings. The predicted molar refractivity (Wildman–Crippen MR) is 87.0 cm³/mol. The van der Waals surface area contributed by atoms with E-state index in [0.717, 1.165) is 5.56 Å². The maximum absolute atomic E-state index is 12.2. The van der Waals surface area contributed by atoms with Gasteiger partial charge < -0.3 is 9.80 Å². The maximum Gasteiger partial charge on any atom is 0.235 e. The fourth-order valence-electron chi connectivity index (χ4n) is 2.34. The third-order valence-corrected chi connectivity index (χ3v) is 5.21. The molecule has 2 amide bonds. The molecule has 22 heavy (non-hydrogen) atoms. The Labute approximate surface area is 137 Å². The maximum atomic E-state index is 12.2. The van der Waals surface area contributed by atoms with Gasteiger partial charge in [-0.05, 0) is 11.6 Å². The molecule has 7 heteroatoms. The molecule has 0 radical (unpaired) electrons. The fourth-order valence-corrected chi connectivity index (χ4v) is 3.78. The van der Waals surface area contributed by atoms with Crippen LogP contribution in [0.5, 0.6) is 0 Å². The number of hydrogen-bond donors (Lipinski definition) is 0. The zero-order chi connectivity index (χ0) is 16.1. The van der Waals surface area contributed by atoms with Crippen molar-refractivity contribution in [3.05, 3.63) is 34.9 Å². The Bertz CT molecular complexity index is 586. The zero-order valence-corrected chi connectivity index (χ0v) is 14.0. The molecule has 0 bridgehead atoms. The Balaban J connectivity index is 1.83. The van der Waals surface area contributed by atoms with Crippen LogP contribution >= 0.6 is 11.6 Å². The van der Waals surface area contributed by atoms with Crippen LogP contribution in [0.1, 0.15) is 12.5 Å². The Morgan fingerprint density at radius 3 is 2.32 bits per heavy atom. The van der Waals surface area contributed by atoms with Gasteiger partial charge in [-0.15, -0.1) is 0 Å². The molecule has 0 spiro atoms. The van der Waals surface area contributed by atoms with Crippen molar-refractivity contribution in [3.8, 4) is 0 Å². The second-order valence-electron chi connectivity index (χ2n) is 5.21. The fraction of sp³-hybridized carbons (Fsp3) is 0.467. The summed E-state index contributed by atoms with van der Waals surface area (Å²) >= 11 is 6.03. The van der Waals surface area contributed by atoms with Crippen molar-refractivity contribution in [3.63, 3.8) is 0 Å². The van der Waals surface area contributed by atoms with E-state index in [4.69, 9.17) is 11.6 Å². The van der Waals surface area contributed by atoms with Crippen LogP contribution in [0.15, 0.2) is 24.3 Å². The van der Waals surface area contributed by atoms with Gasteiger partial charge in [0.1, 0.15) is 5.75 Å². The molecule has 0 saturated carbocycles. The number of piperazine rings is 1. The highest BCUT2D eigenvalue weighted by atomic mass is 35.5. The molecule has 1 heterocycles. The number of nitrogens with zero attached hydrogens (tertiary/aromatic N) is 2. The largest absolute Gasteiger partial charge is 0.339 e. The Hall–Kier alpha value is -1.40. The Kier molecular flexibility index (Phi) is 5.97. The van der Waals surface area contributed by atoms with E-state index in [-0.39, 0.29) is 23.3 Å². The lowest BCUT2D eigenvalue weighted by Gasteiger charge is -2.34. The Morgan fingerprint density at radius 2 is 1.73 bits per heavy atom. The van der Waals surface area contributed by atoms with Gasteiger partial charge in [0, 0.05) is 48.9 Å². The molecule has 1 saturated heterocycles. The summed E-state index contributed by atoms with van der Waals surface area (Å²) in [6.07, 6.45) is 0. The number of hydrogen-bond acceptors (Lipinski definition) is 3. The molecule has 1 atom stereocenters. The van der Waals surface area contributed by atoms with E-state index in [1.807, 2.05) is 18.2 Å². The molecular formula is C15H19ClN2O3S. The number of carbonyl (C=O) groups is 2. The van der Waals surface area contributed by atoms with Gasteiger partial charge in [-0.1, -0.05) is 29.8 Å². The summed E-state index contributed by atoms with van der Waals surface area (Å²) in [4.78, 5) is 26.8. The minimum absolute atomic E-state index is 0.00864. The van der Waals surface area contributed by atoms with Crippen molar-refractivity contribution in [2.45, 2.75) is 12.7 Å². The summed E-state index contributed by atoms with van der Waals surface area (Å²) < 4.78 is 12.1. The topological polar surface area (TPSA) is 57.7 Å². The van der Waals surface area contributed by atoms with E-state index >= 15 is 0 Å². The molecule has 0 unspecified atom stereocenters. The van der Waals surface area contributed by atoms with E-state index in [2.05, 4.69) is 0 Å². The van der Waals surface area contributed by atoms with Crippen molar-refractivity contribution in [2.24, 2.45) is 0 Å². The molecule has 120 valence electrons. The standard InChI is InChI=1S/C15H19ClN2O3S/c1-12(19)17-6-8-18(9-7-17)15(20)11-22(21)10-13-4-2-3-5-14(13)16/h2-5H,6-11H2,1H3/t22-/m0/s1.